The Labute approximate surface area is 107 Å². The van der Waals surface area contributed by atoms with Crippen molar-refractivity contribution < 1.29 is 9.47 Å². The van der Waals surface area contributed by atoms with Crippen LogP contribution in [-0.2, 0) is 4.74 Å². The van der Waals surface area contributed by atoms with E-state index in [2.05, 4.69) is 29.1 Å². The zero-order valence-corrected chi connectivity index (χ0v) is 11.0. The van der Waals surface area contributed by atoms with Crippen LogP contribution in [0, 0.1) is 0 Å². The van der Waals surface area contributed by atoms with E-state index in [0.29, 0.717) is 11.7 Å². The van der Waals surface area contributed by atoms with Gasteiger partial charge < -0.3 is 20.5 Å². The molecule has 2 rings (SSSR count). The Morgan fingerprint density at radius 3 is 2.61 bits per heavy atom. The molecule has 6 nitrogen and oxygen atoms in total. The Hall–Kier alpha value is -1.56. The van der Waals surface area contributed by atoms with Gasteiger partial charge >= 0.3 is 0 Å². The number of nitrogens with one attached hydrogen (secondary N) is 1. The second-order valence-electron chi connectivity index (χ2n) is 4.67. The molecular formula is C12H20N4O2. The van der Waals surface area contributed by atoms with Crippen molar-refractivity contribution in [3.05, 3.63) is 6.07 Å². The number of ether oxygens (including phenoxy) is 2. The summed E-state index contributed by atoms with van der Waals surface area (Å²) in [6.45, 7) is 4.11. The summed E-state index contributed by atoms with van der Waals surface area (Å²) < 4.78 is 11.5. The Bertz CT molecular complexity index is 403. The van der Waals surface area contributed by atoms with Gasteiger partial charge in [0.1, 0.15) is 11.9 Å². The normalized spacial score (nSPS) is 27.8. The molecule has 2 unspecified atom stereocenters. The number of hydrogen-bond acceptors (Lipinski definition) is 6. The van der Waals surface area contributed by atoms with Crippen LogP contribution in [0.3, 0.4) is 0 Å². The number of rotatable bonds is 3. The van der Waals surface area contributed by atoms with Crippen LogP contribution in [0.5, 0.6) is 5.88 Å². The Balaban J connectivity index is 2.06. The number of hydrogen-bond donors (Lipinski definition) is 2. The quantitative estimate of drug-likeness (QED) is 0.847. The molecule has 2 atom stereocenters. The minimum Gasteiger partial charge on any atom is -0.474 e. The van der Waals surface area contributed by atoms with Gasteiger partial charge in [-0.25, -0.2) is 0 Å². The summed E-state index contributed by atoms with van der Waals surface area (Å²) >= 11 is 0. The van der Waals surface area contributed by atoms with E-state index in [1.54, 1.807) is 13.1 Å². The molecule has 100 valence electrons. The maximum absolute atomic E-state index is 5.87. The standard InChI is InChI=1S/C12H20N4O2/c1-7-4-9(5-8(2)17-7)18-11-6-10(14-3)15-12(13)16-11/h6-9H,4-5H2,1-3H3,(H3,13,14,15,16). The van der Waals surface area contributed by atoms with Gasteiger partial charge in [-0.1, -0.05) is 0 Å². The number of nitrogens with zero attached hydrogens (tertiary/aromatic N) is 2. The maximum Gasteiger partial charge on any atom is 0.225 e. The van der Waals surface area contributed by atoms with Crippen LogP contribution < -0.4 is 15.8 Å². The zero-order valence-electron chi connectivity index (χ0n) is 11.0. The highest BCUT2D eigenvalue weighted by Gasteiger charge is 2.26. The van der Waals surface area contributed by atoms with Crippen molar-refractivity contribution in [2.75, 3.05) is 18.1 Å². The lowest BCUT2D eigenvalue weighted by Gasteiger charge is -2.31. The van der Waals surface area contributed by atoms with Crippen LogP contribution in [0.15, 0.2) is 6.07 Å². The third kappa shape index (κ3) is 3.22. The molecule has 1 aliphatic heterocycles. The monoisotopic (exact) mass is 252 g/mol. The molecule has 1 aromatic heterocycles. The molecule has 0 aromatic carbocycles. The van der Waals surface area contributed by atoms with Gasteiger partial charge in [0.15, 0.2) is 0 Å². The van der Waals surface area contributed by atoms with Gasteiger partial charge in [0.25, 0.3) is 0 Å². The van der Waals surface area contributed by atoms with Crippen molar-refractivity contribution in [3.8, 4) is 5.88 Å². The molecule has 0 radical (unpaired) electrons. The molecule has 0 amide bonds. The summed E-state index contributed by atoms with van der Waals surface area (Å²) in [7, 11) is 1.78. The van der Waals surface area contributed by atoms with Crippen LogP contribution in [0.4, 0.5) is 11.8 Å². The second-order valence-corrected chi connectivity index (χ2v) is 4.67. The van der Waals surface area contributed by atoms with E-state index in [1.165, 1.54) is 0 Å². The second kappa shape index (κ2) is 5.39. The predicted molar refractivity (Wildman–Crippen MR) is 69.7 cm³/mol. The number of anilines is 2. The Kier molecular flexibility index (Phi) is 3.86. The summed E-state index contributed by atoms with van der Waals surface area (Å²) in [5.74, 6) is 1.38. The fraction of sp³-hybridized carbons (Fsp3) is 0.667. The predicted octanol–water partition coefficient (Wildman–Crippen LogP) is 1.44. The van der Waals surface area contributed by atoms with Gasteiger partial charge in [0.2, 0.25) is 11.8 Å². The third-order valence-corrected chi connectivity index (χ3v) is 2.92. The molecule has 18 heavy (non-hydrogen) atoms. The zero-order chi connectivity index (χ0) is 13.1. The number of nitrogen functional groups attached to an aromatic ring is 1. The SMILES string of the molecule is CNc1cc(OC2CC(C)OC(C)C2)nc(N)n1. The molecule has 1 fully saturated rings. The van der Waals surface area contributed by atoms with E-state index in [1.807, 2.05) is 0 Å². The molecule has 3 N–H and O–H groups in total. The topological polar surface area (TPSA) is 82.3 Å². The van der Waals surface area contributed by atoms with Gasteiger partial charge in [-0.2, -0.15) is 9.97 Å². The minimum absolute atomic E-state index is 0.114. The Morgan fingerprint density at radius 2 is 2.00 bits per heavy atom. The fourth-order valence-corrected chi connectivity index (χ4v) is 2.24. The highest BCUT2D eigenvalue weighted by Crippen LogP contribution is 2.24. The van der Waals surface area contributed by atoms with E-state index in [4.69, 9.17) is 15.2 Å². The van der Waals surface area contributed by atoms with E-state index in [-0.39, 0.29) is 24.3 Å². The van der Waals surface area contributed by atoms with E-state index >= 15 is 0 Å². The van der Waals surface area contributed by atoms with Gasteiger partial charge in [-0.15, -0.1) is 0 Å². The first-order valence-corrected chi connectivity index (χ1v) is 6.21. The highest BCUT2D eigenvalue weighted by atomic mass is 16.5. The maximum atomic E-state index is 5.87. The minimum atomic E-state index is 0.114. The van der Waals surface area contributed by atoms with Crippen molar-refractivity contribution in [2.45, 2.75) is 45.0 Å². The van der Waals surface area contributed by atoms with Gasteiger partial charge in [-0.3, -0.25) is 0 Å². The first kappa shape index (κ1) is 12.9. The van der Waals surface area contributed by atoms with Crippen molar-refractivity contribution in [1.29, 1.82) is 0 Å². The third-order valence-electron chi connectivity index (χ3n) is 2.92. The summed E-state index contributed by atoms with van der Waals surface area (Å²) in [6, 6.07) is 1.75. The van der Waals surface area contributed by atoms with Crippen molar-refractivity contribution >= 4 is 11.8 Å². The van der Waals surface area contributed by atoms with Crippen molar-refractivity contribution in [2.24, 2.45) is 0 Å². The van der Waals surface area contributed by atoms with Gasteiger partial charge in [-0.05, 0) is 13.8 Å². The molecule has 1 saturated heterocycles. The van der Waals surface area contributed by atoms with Crippen LogP contribution in [0.1, 0.15) is 26.7 Å². The first-order valence-electron chi connectivity index (χ1n) is 6.21. The molecular weight excluding hydrogens is 232 g/mol. The average Bonchev–Trinajstić information content (AvgIpc) is 2.26. The van der Waals surface area contributed by atoms with Crippen LogP contribution in [-0.4, -0.2) is 35.3 Å². The van der Waals surface area contributed by atoms with Gasteiger partial charge in [0, 0.05) is 26.0 Å². The Morgan fingerprint density at radius 1 is 1.33 bits per heavy atom. The van der Waals surface area contributed by atoms with E-state index in [9.17, 15) is 0 Å². The first-order chi connectivity index (χ1) is 8.56. The fourth-order valence-electron chi connectivity index (χ4n) is 2.24. The molecule has 0 spiro atoms. The lowest BCUT2D eigenvalue weighted by molar-refractivity contribution is -0.0729. The lowest BCUT2D eigenvalue weighted by atomic mass is 10.0. The molecule has 1 aliphatic rings. The summed E-state index contributed by atoms with van der Waals surface area (Å²) in [6.07, 6.45) is 2.26. The molecule has 0 saturated carbocycles. The highest BCUT2D eigenvalue weighted by molar-refractivity contribution is 5.42. The summed E-state index contributed by atoms with van der Waals surface area (Å²) in [4.78, 5) is 8.12. The lowest BCUT2D eigenvalue weighted by Crippen LogP contribution is -2.35. The van der Waals surface area contributed by atoms with E-state index < -0.39 is 0 Å². The van der Waals surface area contributed by atoms with Crippen LogP contribution in [0.2, 0.25) is 0 Å². The van der Waals surface area contributed by atoms with Crippen molar-refractivity contribution in [3.63, 3.8) is 0 Å². The molecule has 0 aliphatic carbocycles. The summed E-state index contributed by atoms with van der Waals surface area (Å²) in [5, 5.41) is 2.93. The molecule has 0 bridgehead atoms. The molecule has 1 aromatic rings. The molecule has 6 heteroatoms. The number of aromatic nitrogens is 2. The summed E-state index contributed by atoms with van der Waals surface area (Å²) in [5.41, 5.74) is 5.63. The van der Waals surface area contributed by atoms with Gasteiger partial charge in [0.05, 0.1) is 12.2 Å². The average molecular weight is 252 g/mol. The van der Waals surface area contributed by atoms with E-state index in [0.717, 1.165) is 12.8 Å². The van der Waals surface area contributed by atoms with Crippen LogP contribution >= 0.6 is 0 Å². The largest absolute Gasteiger partial charge is 0.474 e. The number of nitrogens with two attached hydrogens (primary N) is 1. The smallest absolute Gasteiger partial charge is 0.225 e. The van der Waals surface area contributed by atoms with Crippen LogP contribution in [0.25, 0.3) is 0 Å². The van der Waals surface area contributed by atoms with Crippen molar-refractivity contribution in [1.82, 2.24) is 9.97 Å². The molecule has 2 heterocycles.